The summed E-state index contributed by atoms with van der Waals surface area (Å²) in [7, 11) is 0. The van der Waals surface area contributed by atoms with Crippen LogP contribution in [0.3, 0.4) is 0 Å². The van der Waals surface area contributed by atoms with Crippen molar-refractivity contribution in [2.45, 2.75) is 6.92 Å². The molecule has 2 N–H and O–H groups in total. The Morgan fingerprint density at radius 2 is 2.73 bits per heavy atom. The molecule has 0 fully saturated rings. The Morgan fingerprint density at radius 3 is 3.27 bits per heavy atom. The number of carbonyl (C=O) groups is 1. The SMILES string of the molecule is CCOC(=O)Nc1cn[nH]c1. The maximum absolute atomic E-state index is 10.7. The van der Waals surface area contributed by atoms with Crippen LogP contribution in [0.4, 0.5) is 10.5 Å². The fourth-order valence-electron chi connectivity index (χ4n) is 0.604. The Bertz CT molecular complexity index is 220. The highest BCUT2D eigenvalue weighted by molar-refractivity contribution is 5.83. The molecule has 0 aliphatic rings. The van der Waals surface area contributed by atoms with Crippen LogP contribution in [0, 0.1) is 0 Å². The molecule has 0 bridgehead atoms. The van der Waals surface area contributed by atoms with Gasteiger partial charge in [0.2, 0.25) is 0 Å². The Hall–Kier alpha value is -1.52. The Morgan fingerprint density at radius 1 is 1.91 bits per heavy atom. The number of anilines is 1. The summed E-state index contributed by atoms with van der Waals surface area (Å²) in [5.41, 5.74) is 0.600. The molecule has 60 valence electrons. The van der Waals surface area contributed by atoms with Crippen molar-refractivity contribution in [3.8, 4) is 0 Å². The molecular formula is C6H9N3O2. The molecule has 1 aromatic rings. The van der Waals surface area contributed by atoms with Crippen molar-refractivity contribution in [1.29, 1.82) is 0 Å². The van der Waals surface area contributed by atoms with Crippen LogP contribution in [0.2, 0.25) is 0 Å². The quantitative estimate of drug-likeness (QED) is 0.668. The van der Waals surface area contributed by atoms with Crippen molar-refractivity contribution in [1.82, 2.24) is 10.2 Å². The van der Waals surface area contributed by atoms with E-state index in [-0.39, 0.29) is 0 Å². The first kappa shape index (κ1) is 7.59. The normalized spacial score (nSPS) is 9.18. The van der Waals surface area contributed by atoms with E-state index in [1.165, 1.54) is 6.20 Å². The number of hydrogen-bond acceptors (Lipinski definition) is 3. The standard InChI is InChI=1S/C6H9N3O2/c1-2-11-6(10)9-5-3-7-8-4-5/h3-4H,2H2,1H3,(H,7,8)(H,9,10). The van der Waals surface area contributed by atoms with Gasteiger partial charge in [-0.1, -0.05) is 0 Å². The summed E-state index contributed by atoms with van der Waals surface area (Å²) in [6, 6.07) is 0. The second kappa shape index (κ2) is 3.60. The van der Waals surface area contributed by atoms with Crippen molar-refractivity contribution >= 4 is 11.8 Å². The first-order chi connectivity index (χ1) is 5.33. The van der Waals surface area contributed by atoms with Crippen molar-refractivity contribution in [2.24, 2.45) is 0 Å². The lowest BCUT2D eigenvalue weighted by atomic mass is 10.6. The largest absolute Gasteiger partial charge is 0.450 e. The average molecular weight is 155 g/mol. The number of H-pyrrole nitrogens is 1. The lowest BCUT2D eigenvalue weighted by molar-refractivity contribution is 0.168. The average Bonchev–Trinajstić information content (AvgIpc) is 2.40. The highest BCUT2D eigenvalue weighted by atomic mass is 16.5. The van der Waals surface area contributed by atoms with Gasteiger partial charge in [-0.2, -0.15) is 5.10 Å². The number of nitrogens with zero attached hydrogens (tertiary/aromatic N) is 1. The van der Waals surface area contributed by atoms with E-state index < -0.39 is 6.09 Å². The van der Waals surface area contributed by atoms with Crippen LogP contribution in [0.15, 0.2) is 12.4 Å². The lowest BCUT2D eigenvalue weighted by Gasteiger charge is -2.00. The van der Waals surface area contributed by atoms with Crippen molar-refractivity contribution < 1.29 is 9.53 Å². The van der Waals surface area contributed by atoms with Gasteiger partial charge in [-0.05, 0) is 6.92 Å². The van der Waals surface area contributed by atoms with Gasteiger partial charge in [0.1, 0.15) is 0 Å². The molecule has 0 atom stereocenters. The molecule has 0 saturated carbocycles. The number of hydrogen-bond donors (Lipinski definition) is 2. The molecular weight excluding hydrogens is 146 g/mol. The summed E-state index contributed by atoms with van der Waals surface area (Å²) in [4.78, 5) is 10.7. The molecule has 0 aromatic carbocycles. The van der Waals surface area contributed by atoms with E-state index in [1.807, 2.05) is 0 Å². The maximum Gasteiger partial charge on any atom is 0.411 e. The monoisotopic (exact) mass is 155 g/mol. The minimum absolute atomic E-state index is 0.365. The second-order valence-corrected chi connectivity index (χ2v) is 1.83. The first-order valence-corrected chi connectivity index (χ1v) is 3.25. The number of aromatic amines is 1. The lowest BCUT2D eigenvalue weighted by Crippen LogP contribution is -2.12. The predicted octanol–water partition coefficient (Wildman–Crippen LogP) is 0.978. The molecule has 0 saturated heterocycles. The van der Waals surface area contributed by atoms with Gasteiger partial charge >= 0.3 is 6.09 Å². The van der Waals surface area contributed by atoms with E-state index in [1.54, 1.807) is 13.1 Å². The molecule has 0 spiro atoms. The minimum Gasteiger partial charge on any atom is -0.450 e. The van der Waals surface area contributed by atoms with Gasteiger partial charge in [0.25, 0.3) is 0 Å². The van der Waals surface area contributed by atoms with Gasteiger partial charge in [-0.15, -0.1) is 0 Å². The highest BCUT2D eigenvalue weighted by Crippen LogP contribution is 2.00. The van der Waals surface area contributed by atoms with Crippen LogP contribution in [0.1, 0.15) is 6.92 Å². The van der Waals surface area contributed by atoms with Crippen molar-refractivity contribution in [3.63, 3.8) is 0 Å². The molecule has 1 rings (SSSR count). The van der Waals surface area contributed by atoms with Gasteiger partial charge in [-0.3, -0.25) is 10.4 Å². The van der Waals surface area contributed by atoms with Gasteiger partial charge in [0, 0.05) is 6.20 Å². The van der Waals surface area contributed by atoms with E-state index >= 15 is 0 Å². The van der Waals surface area contributed by atoms with Crippen molar-refractivity contribution in [3.05, 3.63) is 12.4 Å². The summed E-state index contributed by atoms with van der Waals surface area (Å²) in [6.45, 7) is 2.11. The Kier molecular flexibility index (Phi) is 2.48. The molecule has 1 amide bonds. The highest BCUT2D eigenvalue weighted by Gasteiger charge is 2.00. The second-order valence-electron chi connectivity index (χ2n) is 1.83. The molecule has 5 heteroatoms. The Labute approximate surface area is 63.7 Å². The number of ether oxygens (including phenoxy) is 1. The number of rotatable bonds is 2. The zero-order chi connectivity index (χ0) is 8.10. The summed E-state index contributed by atoms with van der Waals surface area (Å²) < 4.78 is 4.62. The fraction of sp³-hybridized carbons (Fsp3) is 0.333. The van der Waals surface area contributed by atoms with Crippen molar-refractivity contribution in [2.75, 3.05) is 11.9 Å². The predicted molar refractivity (Wildman–Crippen MR) is 39.2 cm³/mol. The summed E-state index contributed by atoms with van der Waals surface area (Å²) >= 11 is 0. The van der Waals surface area contributed by atoms with Gasteiger partial charge < -0.3 is 4.74 Å². The smallest absolute Gasteiger partial charge is 0.411 e. The molecule has 1 heterocycles. The van der Waals surface area contributed by atoms with Gasteiger partial charge in [-0.25, -0.2) is 4.79 Å². The maximum atomic E-state index is 10.7. The first-order valence-electron chi connectivity index (χ1n) is 3.25. The number of aromatic nitrogens is 2. The molecule has 5 nitrogen and oxygen atoms in total. The summed E-state index contributed by atoms with van der Waals surface area (Å²) in [5.74, 6) is 0. The van der Waals surface area contributed by atoms with E-state index in [0.29, 0.717) is 12.3 Å². The minimum atomic E-state index is -0.464. The van der Waals surface area contributed by atoms with E-state index in [4.69, 9.17) is 0 Å². The molecule has 0 aliphatic heterocycles. The third-order valence-electron chi connectivity index (χ3n) is 1.02. The van der Waals surface area contributed by atoms with E-state index in [0.717, 1.165) is 0 Å². The zero-order valence-electron chi connectivity index (χ0n) is 6.13. The number of carbonyl (C=O) groups excluding carboxylic acids is 1. The van der Waals surface area contributed by atoms with E-state index in [9.17, 15) is 4.79 Å². The van der Waals surface area contributed by atoms with Gasteiger partial charge in [0.15, 0.2) is 0 Å². The van der Waals surface area contributed by atoms with Crippen LogP contribution < -0.4 is 5.32 Å². The number of nitrogens with one attached hydrogen (secondary N) is 2. The third kappa shape index (κ3) is 2.29. The Balaban J connectivity index is 2.37. The summed E-state index contributed by atoms with van der Waals surface area (Å²) in [6.07, 6.45) is 2.60. The van der Waals surface area contributed by atoms with Crippen LogP contribution in [-0.4, -0.2) is 22.9 Å². The fourth-order valence-corrected chi connectivity index (χ4v) is 0.604. The van der Waals surface area contributed by atoms with Crippen LogP contribution in [0.5, 0.6) is 0 Å². The number of amides is 1. The van der Waals surface area contributed by atoms with Crippen LogP contribution in [0.25, 0.3) is 0 Å². The topological polar surface area (TPSA) is 67.0 Å². The van der Waals surface area contributed by atoms with E-state index in [2.05, 4.69) is 20.3 Å². The zero-order valence-corrected chi connectivity index (χ0v) is 6.13. The molecule has 0 aliphatic carbocycles. The molecule has 0 unspecified atom stereocenters. The molecule has 0 radical (unpaired) electrons. The molecule has 1 aromatic heterocycles. The third-order valence-corrected chi connectivity index (χ3v) is 1.02. The molecule has 11 heavy (non-hydrogen) atoms. The van der Waals surface area contributed by atoms with Crippen LogP contribution in [-0.2, 0) is 4.74 Å². The van der Waals surface area contributed by atoms with Crippen LogP contribution >= 0.6 is 0 Å². The van der Waals surface area contributed by atoms with Gasteiger partial charge in [0.05, 0.1) is 18.5 Å². The summed E-state index contributed by atoms with van der Waals surface area (Å²) in [5, 5.41) is 8.66.